The normalized spacial score (nSPS) is 12.4. The third kappa shape index (κ3) is 2.91. The van der Waals surface area contributed by atoms with Gasteiger partial charge >= 0.3 is 0 Å². The van der Waals surface area contributed by atoms with Crippen LogP contribution in [-0.2, 0) is 0 Å². The number of hydrogen-bond donors (Lipinski definition) is 1. The van der Waals surface area contributed by atoms with Gasteiger partial charge in [0, 0.05) is 5.56 Å². The number of nitrogens with one attached hydrogen (secondary N) is 1. The lowest BCUT2D eigenvalue weighted by Gasteiger charge is -2.22. The summed E-state index contributed by atoms with van der Waals surface area (Å²) in [6, 6.07) is 11.8. The minimum absolute atomic E-state index is 0.0968. The van der Waals surface area contributed by atoms with Crippen molar-refractivity contribution in [3.8, 4) is 0 Å². The first-order chi connectivity index (χ1) is 9.54. The molecule has 0 bridgehead atoms. The van der Waals surface area contributed by atoms with Gasteiger partial charge in [0.2, 0.25) is 0 Å². The smallest absolute Gasteiger partial charge is 0.131 e. The number of aryl methyl sites for hydroxylation is 3. The van der Waals surface area contributed by atoms with Crippen LogP contribution >= 0.6 is 0 Å². The summed E-state index contributed by atoms with van der Waals surface area (Å²) in [5.41, 5.74) is 4.97. The van der Waals surface area contributed by atoms with Gasteiger partial charge in [-0.25, -0.2) is 4.39 Å². The largest absolute Gasteiger partial charge is 0.306 e. The maximum Gasteiger partial charge on any atom is 0.131 e. The molecule has 1 N–H and O–H groups in total. The van der Waals surface area contributed by atoms with Gasteiger partial charge in [0.15, 0.2) is 0 Å². The monoisotopic (exact) mass is 271 g/mol. The van der Waals surface area contributed by atoms with Gasteiger partial charge < -0.3 is 5.32 Å². The molecule has 2 aromatic rings. The van der Waals surface area contributed by atoms with Crippen LogP contribution in [-0.4, -0.2) is 6.54 Å². The van der Waals surface area contributed by atoms with Gasteiger partial charge in [-0.3, -0.25) is 0 Å². The van der Waals surface area contributed by atoms with Gasteiger partial charge in [0.25, 0.3) is 0 Å². The second-order valence-electron chi connectivity index (χ2n) is 5.33. The number of benzene rings is 2. The topological polar surface area (TPSA) is 12.0 Å². The summed E-state index contributed by atoms with van der Waals surface area (Å²) in [5.74, 6) is -0.113. The van der Waals surface area contributed by atoms with Crippen molar-refractivity contribution in [1.29, 1.82) is 0 Å². The van der Waals surface area contributed by atoms with Gasteiger partial charge in [0.05, 0.1) is 6.04 Å². The highest BCUT2D eigenvalue weighted by molar-refractivity contribution is 5.40. The van der Waals surface area contributed by atoms with Crippen molar-refractivity contribution in [1.82, 2.24) is 5.32 Å². The highest BCUT2D eigenvalue weighted by atomic mass is 19.1. The molecule has 0 heterocycles. The Bertz CT molecular complexity index is 604. The second-order valence-corrected chi connectivity index (χ2v) is 5.33. The molecule has 0 aliphatic carbocycles. The average Bonchev–Trinajstić information content (AvgIpc) is 2.40. The maximum absolute atomic E-state index is 14.4. The summed E-state index contributed by atoms with van der Waals surface area (Å²) in [6.07, 6.45) is 0. The van der Waals surface area contributed by atoms with Crippen molar-refractivity contribution in [2.45, 2.75) is 33.7 Å². The Morgan fingerprint density at radius 1 is 1.00 bits per heavy atom. The lowest BCUT2D eigenvalue weighted by molar-refractivity contribution is 0.552. The van der Waals surface area contributed by atoms with Gasteiger partial charge in [-0.05, 0) is 44.0 Å². The third-order valence-electron chi connectivity index (χ3n) is 3.68. The van der Waals surface area contributed by atoms with Gasteiger partial charge in [-0.2, -0.15) is 0 Å². The van der Waals surface area contributed by atoms with E-state index in [-0.39, 0.29) is 11.9 Å². The van der Waals surface area contributed by atoms with E-state index in [2.05, 4.69) is 37.4 Å². The quantitative estimate of drug-likeness (QED) is 0.866. The molecule has 2 rings (SSSR count). The van der Waals surface area contributed by atoms with E-state index in [1.165, 1.54) is 11.1 Å². The summed E-state index contributed by atoms with van der Waals surface area (Å²) < 4.78 is 14.4. The lowest BCUT2D eigenvalue weighted by atomic mass is 9.92. The Balaban J connectivity index is 2.53. The van der Waals surface area contributed by atoms with E-state index in [4.69, 9.17) is 0 Å². The summed E-state index contributed by atoms with van der Waals surface area (Å²) in [4.78, 5) is 0. The fraction of sp³-hybridized carbons (Fsp3) is 0.333. The maximum atomic E-state index is 14.4. The molecule has 106 valence electrons. The van der Waals surface area contributed by atoms with Crippen molar-refractivity contribution >= 4 is 0 Å². The Morgan fingerprint density at radius 2 is 1.75 bits per heavy atom. The highest BCUT2D eigenvalue weighted by Crippen LogP contribution is 2.28. The Kier molecular flexibility index (Phi) is 4.56. The Morgan fingerprint density at radius 3 is 2.40 bits per heavy atom. The predicted octanol–water partition coefficient (Wildman–Crippen LogP) is 4.45. The average molecular weight is 271 g/mol. The number of hydrogen-bond acceptors (Lipinski definition) is 1. The third-order valence-corrected chi connectivity index (χ3v) is 3.68. The summed E-state index contributed by atoms with van der Waals surface area (Å²) >= 11 is 0. The SMILES string of the molecule is CCNC(c1ccc(C)cc1C)c1cccc(C)c1F. The van der Waals surface area contributed by atoms with Crippen LogP contribution in [0.2, 0.25) is 0 Å². The molecule has 2 heteroatoms. The van der Waals surface area contributed by atoms with Crippen LogP contribution in [0.25, 0.3) is 0 Å². The highest BCUT2D eigenvalue weighted by Gasteiger charge is 2.19. The molecule has 0 radical (unpaired) electrons. The first-order valence-electron chi connectivity index (χ1n) is 7.10. The van der Waals surface area contributed by atoms with Crippen LogP contribution in [0.3, 0.4) is 0 Å². The first kappa shape index (κ1) is 14.7. The van der Waals surface area contributed by atoms with E-state index >= 15 is 0 Å². The molecule has 1 unspecified atom stereocenters. The van der Waals surface area contributed by atoms with Crippen molar-refractivity contribution in [2.24, 2.45) is 0 Å². The fourth-order valence-electron chi connectivity index (χ4n) is 2.63. The van der Waals surface area contributed by atoms with E-state index in [0.29, 0.717) is 5.56 Å². The van der Waals surface area contributed by atoms with E-state index < -0.39 is 0 Å². The van der Waals surface area contributed by atoms with Crippen molar-refractivity contribution < 1.29 is 4.39 Å². The van der Waals surface area contributed by atoms with Gasteiger partial charge in [0.1, 0.15) is 5.82 Å². The molecular weight excluding hydrogens is 249 g/mol. The molecule has 1 atom stereocenters. The molecule has 0 saturated carbocycles. The second kappa shape index (κ2) is 6.19. The molecule has 0 fully saturated rings. The van der Waals surface area contributed by atoms with Gasteiger partial charge in [-0.1, -0.05) is 48.9 Å². The molecule has 0 aliphatic rings. The molecule has 0 aromatic heterocycles. The van der Waals surface area contributed by atoms with Gasteiger partial charge in [-0.15, -0.1) is 0 Å². The van der Waals surface area contributed by atoms with Crippen LogP contribution in [0.1, 0.15) is 40.8 Å². The number of halogens is 1. The van der Waals surface area contributed by atoms with Crippen LogP contribution in [0, 0.1) is 26.6 Å². The van der Waals surface area contributed by atoms with E-state index in [1.54, 1.807) is 0 Å². The minimum atomic E-state index is -0.113. The molecule has 0 amide bonds. The standard InChI is InChI=1S/C18H22FN/c1-5-20-18(15-10-9-12(2)11-14(15)4)16-8-6-7-13(3)17(16)19/h6-11,18,20H,5H2,1-4H3. The zero-order chi connectivity index (χ0) is 14.7. The van der Waals surface area contributed by atoms with E-state index in [0.717, 1.165) is 17.7 Å². The number of rotatable bonds is 4. The zero-order valence-electron chi connectivity index (χ0n) is 12.6. The Labute approximate surface area is 120 Å². The van der Waals surface area contributed by atoms with E-state index in [1.807, 2.05) is 32.0 Å². The summed E-state index contributed by atoms with van der Waals surface area (Å²) in [7, 11) is 0. The molecule has 2 aromatic carbocycles. The molecule has 0 aliphatic heterocycles. The first-order valence-corrected chi connectivity index (χ1v) is 7.10. The van der Waals surface area contributed by atoms with Crippen LogP contribution < -0.4 is 5.32 Å². The van der Waals surface area contributed by atoms with E-state index in [9.17, 15) is 4.39 Å². The van der Waals surface area contributed by atoms with Crippen molar-refractivity contribution in [3.05, 3.63) is 70.0 Å². The molecule has 0 saturated heterocycles. The molecular formula is C18H22FN. The molecule has 0 spiro atoms. The van der Waals surface area contributed by atoms with Crippen LogP contribution in [0.4, 0.5) is 4.39 Å². The zero-order valence-corrected chi connectivity index (χ0v) is 12.6. The summed E-state index contributed by atoms with van der Waals surface area (Å²) in [5, 5.41) is 3.40. The molecule has 20 heavy (non-hydrogen) atoms. The van der Waals surface area contributed by atoms with Crippen LogP contribution in [0.5, 0.6) is 0 Å². The lowest BCUT2D eigenvalue weighted by Crippen LogP contribution is -2.24. The van der Waals surface area contributed by atoms with Crippen molar-refractivity contribution in [2.75, 3.05) is 6.54 Å². The van der Waals surface area contributed by atoms with Crippen molar-refractivity contribution in [3.63, 3.8) is 0 Å². The molecule has 1 nitrogen and oxygen atoms in total. The Hall–Kier alpha value is -1.67. The predicted molar refractivity (Wildman–Crippen MR) is 82.6 cm³/mol. The van der Waals surface area contributed by atoms with Crippen LogP contribution in [0.15, 0.2) is 36.4 Å². The minimum Gasteiger partial charge on any atom is -0.306 e. The summed E-state index contributed by atoms with van der Waals surface area (Å²) in [6.45, 7) is 8.81. The fourth-order valence-corrected chi connectivity index (χ4v) is 2.63.